The summed E-state index contributed by atoms with van der Waals surface area (Å²) in [5, 5.41) is 0. The molecule has 1 fully saturated rings. The van der Waals surface area contributed by atoms with Crippen molar-refractivity contribution in [2.24, 2.45) is 11.8 Å². The highest BCUT2D eigenvalue weighted by atomic mass is 14.3. The second-order valence-electron chi connectivity index (χ2n) is 7.21. The molecule has 0 heterocycles. The van der Waals surface area contributed by atoms with E-state index in [1.807, 2.05) is 0 Å². The van der Waals surface area contributed by atoms with Crippen LogP contribution >= 0.6 is 0 Å². The molecule has 0 aliphatic heterocycles. The van der Waals surface area contributed by atoms with Crippen LogP contribution in [0, 0.1) is 11.8 Å². The Morgan fingerprint density at radius 3 is 1.20 bits per heavy atom. The minimum Gasteiger partial charge on any atom is -0.0654 e. The molecular weight excluding hydrogens is 240 g/mol. The Hall–Kier alpha value is 0. The van der Waals surface area contributed by atoms with Crippen LogP contribution in [0.25, 0.3) is 0 Å². The van der Waals surface area contributed by atoms with Gasteiger partial charge in [0.15, 0.2) is 0 Å². The van der Waals surface area contributed by atoms with Gasteiger partial charge >= 0.3 is 0 Å². The fourth-order valence-electron chi connectivity index (χ4n) is 3.77. The number of rotatable bonds is 14. The molecule has 0 amide bonds. The zero-order valence-electron chi connectivity index (χ0n) is 14.5. The molecule has 0 heteroatoms. The van der Waals surface area contributed by atoms with Crippen LogP contribution in [0.5, 0.6) is 0 Å². The largest absolute Gasteiger partial charge is 0.0654 e. The van der Waals surface area contributed by atoms with Gasteiger partial charge in [0.25, 0.3) is 0 Å². The Balaban J connectivity index is 1.86. The van der Waals surface area contributed by atoms with Gasteiger partial charge in [0.05, 0.1) is 0 Å². The Bertz CT molecular complexity index is 174. The summed E-state index contributed by atoms with van der Waals surface area (Å²) >= 11 is 0. The van der Waals surface area contributed by atoms with Gasteiger partial charge in [0.1, 0.15) is 0 Å². The van der Waals surface area contributed by atoms with Gasteiger partial charge in [-0.05, 0) is 24.7 Å². The van der Waals surface area contributed by atoms with E-state index in [-0.39, 0.29) is 0 Å². The maximum Gasteiger partial charge on any atom is -0.0386 e. The highest BCUT2D eigenvalue weighted by Gasteiger charge is 2.29. The Morgan fingerprint density at radius 2 is 0.850 bits per heavy atom. The Morgan fingerprint density at radius 1 is 0.500 bits per heavy atom. The number of hydrogen-bond donors (Lipinski definition) is 0. The Labute approximate surface area is 129 Å². The van der Waals surface area contributed by atoms with Crippen molar-refractivity contribution in [1.82, 2.24) is 0 Å². The molecule has 0 aromatic heterocycles. The van der Waals surface area contributed by atoms with Crippen LogP contribution in [0.1, 0.15) is 117 Å². The number of unbranched alkanes of at least 4 members (excludes halogenated alkanes) is 10. The molecule has 0 bridgehead atoms. The topological polar surface area (TPSA) is 0 Å². The summed E-state index contributed by atoms with van der Waals surface area (Å²) in [5.41, 5.74) is 0. The van der Waals surface area contributed by atoms with Crippen molar-refractivity contribution in [3.63, 3.8) is 0 Å². The van der Waals surface area contributed by atoms with Gasteiger partial charge < -0.3 is 0 Å². The fraction of sp³-hybridized carbons (Fsp3) is 1.00. The van der Waals surface area contributed by atoms with E-state index < -0.39 is 0 Å². The van der Waals surface area contributed by atoms with E-state index in [0.29, 0.717) is 0 Å². The van der Waals surface area contributed by atoms with E-state index in [4.69, 9.17) is 0 Å². The van der Waals surface area contributed by atoms with Crippen LogP contribution in [0.15, 0.2) is 0 Å². The van der Waals surface area contributed by atoms with Gasteiger partial charge in [0, 0.05) is 0 Å². The molecule has 1 rings (SSSR count). The molecular formula is C20H40. The van der Waals surface area contributed by atoms with Gasteiger partial charge in [-0.1, -0.05) is 104 Å². The molecule has 0 saturated heterocycles. The molecule has 0 nitrogen and oxygen atoms in total. The van der Waals surface area contributed by atoms with Crippen LogP contribution in [0.4, 0.5) is 0 Å². The van der Waals surface area contributed by atoms with Crippen LogP contribution in [-0.2, 0) is 0 Å². The van der Waals surface area contributed by atoms with E-state index in [2.05, 4.69) is 13.8 Å². The molecule has 120 valence electrons. The zero-order valence-corrected chi connectivity index (χ0v) is 14.5. The maximum atomic E-state index is 2.31. The summed E-state index contributed by atoms with van der Waals surface area (Å²) in [5.74, 6) is 2.24. The van der Waals surface area contributed by atoms with E-state index in [0.717, 1.165) is 11.8 Å². The second-order valence-corrected chi connectivity index (χ2v) is 7.21. The van der Waals surface area contributed by atoms with E-state index in [9.17, 15) is 0 Å². The first-order chi connectivity index (χ1) is 9.88. The molecule has 20 heavy (non-hydrogen) atoms. The molecule has 2 atom stereocenters. The summed E-state index contributed by atoms with van der Waals surface area (Å²) in [6, 6.07) is 0. The van der Waals surface area contributed by atoms with Gasteiger partial charge in [-0.15, -0.1) is 0 Å². The molecule has 0 aromatic rings. The molecule has 0 aromatic carbocycles. The van der Waals surface area contributed by atoms with Crippen molar-refractivity contribution in [2.75, 3.05) is 0 Å². The standard InChI is InChI=1S/C20H40/c1-3-5-7-9-11-13-15-19-17-18-20(19)16-14-12-10-8-6-4-2/h19-20H,3-18H2,1-2H3/t19-,20+. The molecule has 1 aliphatic carbocycles. The molecule has 1 saturated carbocycles. The third kappa shape index (κ3) is 8.32. The predicted octanol–water partition coefficient (Wildman–Crippen LogP) is 7.51. The van der Waals surface area contributed by atoms with Crippen LogP contribution in [0.3, 0.4) is 0 Å². The zero-order chi connectivity index (χ0) is 14.5. The molecule has 0 unspecified atom stereocenters. The second kappa shape index (κ2) is 12.7. The SMILES string of the molecule is CCCCCCCC[C@@H]1CC[C@@H]1CCCCCCCC. The lowest BCUT2D eigenvalue weighted by Gasteiger charge is -2.37. The first-order valence-electron chi connectivity index (χ1n) is 9.88. The lowest BCUT2D eigenvalue weighted by molar-refractivity contribution is 0.145. The third-order valence-electron chi connectivity index (χ3n) is 5.43. The average molecular weight is 281 g/mol. The van der Waals surface area contributed by atoms with E-state index in [1.54, 1.807) is 25.7 Å². The van der Waals surface area contributed by atoms with Crippen LogP contribution in [-0.4, -0.2) is 0 Å². The quantitative estimate of drug-likeness (QED) is 0.289. The van der Waals surface area contributed by atoms with Gasteiger partial charge in [0.2, 0.25) is 0 Å². The third-order valence-corrected chi connectivity index (χ3v) is 5.43. The first-order valence-corrected chi connectivity index (χ1v) is 9.88. The molecule has 1 aliphatic rings. The summed E-state index contributed by atoms with van der Waals surface area (Å²) < 4.78 is 0. The summed E-state index contributed by atoms with van der Waals surface area (Å²) in [6.45, 7) is 4.61. The highest BCUT2D eigenvalue weighted by Crippen LogP contribution is 2.41. The summed E-state index contributed by atoms with van der Waals surface area (Å²) in [7, 11) is 0. The van der Waals surface area contributed by atoms with Crippen molar-refractivity contribution < 1.29 is 0 Å². The lowest BCUT2D eigenvalue weighted by Crippen LogP contribution is -2.25. The van der Waals surface area contributed by atoms with Gasteiger partial charge in [-0.2, -0.15) is 0 Å². The number of hydrogen-bond acceptors (Lipinski definition) is 0. The molecule has 0 spiro atoms. The van der Waals surface area contributed by atoms with Crippen LogP contribution in [0.2, 0.25) is 0 Å². The van der Waals surface area contributed by atoms with E-state index in [1.165, 1.54) is 77.0 Å². The van der Waals surface area contributed by atoms with Crippen molar-refractivity contribution in [2.45, 2.75) is 117 Å². The molecule has 0 N–H and O–H groups in total. The molecule has 0 radical (unpaired) electrons. The normalized spacial score (nSPS) is 21.9. The predicted molar refractivity (Wildman–Crippen MR) is 92.2 cm³/mol. The van der Waals surface area contributed by atoms with Crippen molar-refractivity contribution in [1.29, 1.82) is 0 Å². The monoisotopic (exact) mass is 280 g/mol. The van der Waals surface area contributed by atoms with E-state index >= 15 is 0 Å². The minimum absolute atomic E-state index is 1.12. The van der Waals surface area contributed by atoms with Crippen molar-refractivity contribution in [3.05, 3.63) is 0 Å². The Kier molecular flexibility index (Phi) is 11.5. The lowest BCUT2D eigenvalue weighted by atomic mass is 9.69. The average Bonchev–Trinajstić information content (AvgIpc) is 2.44. The summed E-state index contributed by atoms with van der Waals surface area (Å²) in [6.07, 6.45) is 23.8. The van der Waals surface area contributed by atoms with Crippen molar-refractivity contribution >= 4 is 0 Å². The highest BCUT2D eigenvalue weighted by molar-refractivity contribution is 4.80. The van der Waals surface area contributed by atoms with Crippen LogP contribution < -0.4 is 0 Å². The van der Waals surface area contributed by atoms with Crippen molar-refractivity contribution in [3.8, 4) is 0 Å². The van der Waals surface area contributed by atoms with Gasteiger partial charge in [-0.25, -0.2) is 0 Å². The summed E-state index contributed by atoms with van der Waals surface area (Å²) in [4.78, 5) is 0. The maximum absolute atomic E-state index is 2.31. The minimum atomic E-state index is 1.12. The first kappa shape index (κ1) is 18.1. The smallest absolute Gasteiger partial charge is 0.0386 e. The fourth-order valence-corrected chi connectivity index (χ4v) is 3.77. The van der Waals surface area contributed by atoms with Gasteiger partial charge in [-0.3, -0.25) is 0 Å².